The third-order valence-electron chi connectivity index (χ3n) is 3.92. The third kappa shape index (κ3) is 4.41. The molecule has 0 spiro atoms. The Bertz CT molecular complexity index is 416. The second-order valence-corrected chi connectivity index (χ2v) is 7.39. The van der Waals surface area contributed by atoms with E-state index in [0.717, 1.165) is 30.5 Å². The van der Waals surface area contributed by atoms with E-state index in [0.29, 0.717) is 18.4 Å². The van der Waals surface area contributed by atoms with Crippen molar-refractivity contribution >= 4 is 22.9 Å². The standard InChI is InChI=1S/C14H23ClN2O2S/c1-16(4-5-18)6-11-7-17(8-12(11)10-19)9-13-2-3-14(15)20-13/h2-3,11-12,18-19H,4-10H2,1H3/t11-,12-/m1/s1. The van der Waals surface area contributed by atoms with Gasteiger partial charge in [-0.1, -0.05) is 11.6 Å². The fourth-order valence-corrected chi connectivity index (χ4v) is 4.03. The van der Waals surface area contributed by atoms with Crippen LogP contribution in [0.3, 0.4) is 0 Å². The Morgan fingerprint density at radius 1 is 1.35 bits per heavy atom. The highest BCUT2D eigenvalue weighted by molar-refractivity contribution is 7.16. The quantitative estimate of drug-likeness (QED) is 0.797. The van der Waals surface area contributed by atoms with E-state index in [9.17, 15) is 5.11 Å². The van der Waals surface area contributed by atoms with Crippen molar-refractivity contribution < 1.29 is 10.2 Å². The highest BCUT2D eigenvalue weighted by Crippen LogP contribution is 2.28. The molecule has 2 rings (SSSR count). The van der Waals surface area contributed by atoms with Crippen LogP contribution in [0.4, 0.5) is 0 Å². The fraction of sp³-hybridized carbons (Fsp3) is 0.714. The SMILES string of the molecule is CN(CCO)C[C@@H]1CN(Cc2ccc(Cl)s2)C[C@@H]1CO. The van der Waals surface area contributed by atoms with E-state index < -0.39 is 0 Å². The fourth-order valence-electron chi connectivity index (χ4n) is 2.90. The summed E-state index contributed by atoms with van der Waals surface area (Å²) < 4.78 is 0.831. The molecule has 20 heavy (non-hydrogen) atoms. The van der Waals surface area contributed by atoms with Crippen LogP contribution in [0.1, 0.15) is 4.88 Å². The van der Waals surface area contributed by atoms with Gasteiger partial charge < -0.3 is 15.1 Å². The summed E-state index contributed by atoms with van der Waals surface area (Å²) in [6, 6.07) is 4.01. The van der Waals surface area contributed by atoms with Crippen molar-refractivity contribution in [2.45, 2.75) is 6.54 Å². The molecule has 0 radical (unpaired) electrons. The van der Waals surface area contributed by atoms with Gasteiger partial charge in [0.1, 0.15) is 0 Å². The molecule has 1 fully saturated rings. The molecule has 4 nitrogen and oxygen atoms in total. The lowest BCUT2D eigenvalue weighted by molar-refractivity contribution is 0.160. The molecule has 1 aromatic heterocycles. The highest BCUT2D eigenvalue weighted by Gasteiger charge is 2.32. The topological polar surface area (TPSA) is 46.9 Å². The van der Waals surface area contributed by atoms with E-state index in [1.54, 1.807) is 11.3 Å². The van der Waals surface area contributed by atoms with Crippen LogP contribution in [0.15, 0.2) is 12.1 Å². The van der Waals surface area contributed by atoms with Crippen LogP contribution in [-0.4, -0.2) is 66.5 Å². The molecule has 0 unspecified atom stereocenters. The molecule has 0 aliphatic carbocycles. The van der Waals surface area contributed by atoms with Gasteiger partial charge in [-0.2, -0.15) is 0 Å². The van der Waals surface area contributed by atoms with Crippen LogP contribution >= 0.6 is 22.9 Å². The van der Waals surface area contributed by atoms with E-state index in [4.69, 9.17) is 16.7 Å². The normalized spacial score (nSPS) is 23.9. The van der Waals surface area contributed by atoms with Gasteiger partial charge in [-0.3, -0.25) is 4.90 Å². The average Bonchev–Trinajstić information content (AvgIpc) is 2.96. The van der Waals surface area contributed by atoms with Crippen molar-refractivity contribution in [1.82, 2.24) is 9.80 Å². The van der Waals surface area contributed by atoms with Crippen molar-refractivity contribution in [3.05, 3.63) is 21.3 Å². The number of hydrogen-bond acceptors (Lipinski definition) is 5. The molecular weight excluding hydrogens is 296 g/mol. The number of thiophene rings is 1. The van der Waals surface area contributed by atoms with E-state index in [-0.39, 0.29) is 13.2 Å². The summed E-state index contributed by atoms with van der Waals surface area (Å²) in [7, 11) is 2.02. The van der Waals surface area contributed by atoms with Crippen LogP contribution < -0.4 is 0 Å². The van der Waals surface area contributed by atoms with Crippen LogP contribution in [-0.2, 0) is 6.54 Å². The molecule has 2 atom stereocenters. The molecule has 114 valence electrons. The predicted octanol–water partition coefficient (Wildman–Crippen LogP) is 1.37. The summed E-state index contributed by atoms with van der Waals surface area (Å²) in [6.45, 7) is 4.88. The Kier molecular flexibility index (Phi) is 6.26. The van der Waals surface area contributed by atoms with E-state index in [1.165, 1.54) is 4.88 Å². The second kappa shape index (κ2) is 7.73. The van der Waals surface area contributed by atoms with Crippen LogP contribution in [0.5, 0.6) is 0 Å². The van der Waals surface area contributed by atoms with Crippen LogP contribution in [0.25, 0.3) is 0 Å². The zero-order valence-electron chi connectivity index (χ0n) is 11.8. The minimum atomic E-state index is 0.185. The molecule has 1 aliphatic heterocycles. The molecule has 0 saturated carbocycles. The molecule has 0 aromatic carbocycles. The molecule has 2 N–H and O–H groups in total. The minimum absolute atomic E-state index is 0.185. The highest BCUT2D eigenvalue weighted by atomic mass is 35.5. The number of aliphatic hydroxyl groups is 2. The van der Waals surface area contributed by atoms with Gasteiger partial charge in [-0.05, 0) is 31.0 Å². The number of nitrogens with zero attached hydrogens (tertiary/aromatic N) is 2. The maximum absolute atomic E-state index is 9.55. The first-order valence-corrected chi connectivity index (χ1v) is 8.18. The summed E-state index contributed by atoms with van der Waals surface area (Å²) in [5.41, 5.74) is 0. The number of aliphatic hydroxyl groups excluding tert-OH is 2. The molecule has 0 amide bonds. The largest absolute Gasteiger partial charge is 0.396 e. The van der Waals surface area contributed by atoms with Crippen molar-refractivity contribution in [3.8, 4) is 0 Å². The van der Waals surface area contributed by atoms with Gasteiger partial charge in [0.05, 0.1) is 10.9 Å². The van der Waals surface area contributed by atoms with E-state index in [1.807, 2.05) is 13.1 Å². The number of rotatable bonds is 7. The smallest absolute Gasteiger partial charge is 0.0931 e. The molecule has 1 aromatic rings. The van der Waals surface area contributed by atoms with Gasteiger partial charge in [0.25, 0.3) is 0 Å². The monoisotopic (exact) mass is 318 g/mol. The first kappa shape index (κ1) is 16.2. The Morgan fingerprint density at radius 3 is 2.70 bits per heavy atom. The molecule has 0 bridgehead atoms. The van der Waals surface area contributed by atoms with Crippen molar-refractivity contribution in [1.29, 1.82) is 0 Å². The van der Waals surface area contributed by atoms with Crippen LogP contribution in [0, 0.1) is 11.8 Å². The molecule has 1 saturated heterocycles. The lowest BCUT2D eigenvalue weighted by Gasteiger charge is -2.23. The van der Waals surface area contributed by atoms with Crippen molar-refractivity contribution in [2.24, 2.45) is 11.8 Å². The van der Waals surface area contributed by atoms with E-state index in [2.05, 4.69) is 15.9 Å². The van der Waals surface area contributed by atoms with Crippen LogP contribution in [0.2, 0.25) is 4.34 Å². The van der Waals surface area contributed by atoms with Crippen molar-refractivity contribution in [3.63, 3.8) is 0 Å². The molecule has 1 aliphatic rings. The minimum Gasteiger partial charge on any atom is -0.396 e. The molecular formula is C14H23ClN2O2S. The first-order chi connectivity index (χ1) is 9.62. The summed E-state index contributed by atoms with van der Waals surface area (Å²) >= 11 is 7.59. The lowest BCUT2D eigenvalue weighted by Crippen LogP contribution is -2.32. The number of likely N-dealkylation sites (N-methyl/N-ethyl adjacent to an activating group) is 1. The Balaban J connectivity index is 1.88. The Morgan fingerprint density at radius 2 is 2.10 bits per heavy atom. The van der Waals surface area contributed by atoms with Gasteiger partial charge in [0.15, 0.2) is 0 Å². The van der Waals surface area contributed by atoms with Gasteiger partial charge in [-0.25, -0.2) is 0 Å². The van der Waals surface area contributed by atoms with Gasteiger partial charge in [0.2, 0.25) is 0 Å². The zero-order chi connectivity index (χ0) is 14.5. The number of hydrogen-bond donors (Lipinski definition) is 2. The van der Waals surface area contributed by atoms with Gasteiger partial charge in [0, 0.05) is 44.2 Å². The summed E-state index contributed by atoms with van der Waals surface area (Å²) in [5.74, 6) is 0.790. The summed E-state index contributed by atoms with van der Waals surface area (Å²) in [4.78, 5) is 5.80. The van der Waals surface area contributed by atoms with Crippen molar-refractivity contribution in [2.75, 3.05) is 46.4 Å². The summed E-state index contributed by atoms with van der Waals surface area (Å²) in [6.07, 6.45) is 0. The summed E-state index contributed by atoms with van der Waals surface area (Å²) in [5, 5.41) is 18.5. The number of likely N-dealkylation sites (tertiary alicyclic amines) is 1. The van der Waals surface area contributed by atoms with E-state index >= 15 is 0 Å². The lowest BCUT2D eigenvalue weighted by atomic mass is 9.96. The average molecular weight is 319 g/mol. The first-order valence-electron chi connectivity index (χ1n) is 6.99. The second-order valence-electron chi connectivity index (χ2n) is 5.59. The third-order valence-corrected chi connectivity index (χ3v) is 5.14. The Labute approximate surface area is 129 Å². The Hall–Kier alpha value is -0.170. The number of halogens is 1. The maximum Gasteiger partial charge on any atom is 0.0931 e. The van der Waals surface area contributed by atoms with Gasteiger partial charge >= 0.3 is 0 Å². The molecule has 6 heteroatoms. The molecule has 2 heterocycles. The van der Waals surface area contributed by atoms with Gasteiger partial charge in [-0.15, -0.1) is 11.3 Å². The maximum atomic E-state index is 9.55. The zero-order valence-corrected chi connectivity index (χ0v) is 13.4. The predicted molar refractivity (Wildman–Crippen MR) is 83.3 cm³/mol.